The van der Waals surface area contributed by atoms with E-state index in [1.54, 1.807) is 12.1 Å². The molecular weight excluding hydrogens is 399 g/mol. The molecule has 2 aliphatic rings. The summed E-state index contributed by atoms with van der Waals surface area (Å²) < 4.78 is 13.3. The molecule has 0 spiro atoms. The van der Waals surface area contributed by atoms with Gasteiger partial charge >= 0.3 is 0 Å². The Balaban J connectivity index is 1.72. The van der Waals surface area contributed by atoms with E-state index in [1.807, 2.05) is 17.0 Å². The van der Waals surface area contributed by atoms with Gasteiger partial charge in [-0.1, -0.05) is 23.4 Å². The fourth-order valence-corrected chi connectivity index (χ4v) is 4.56. The Kier molecular flexibility index (Phi) is 5.42. The Hall–Kier alpha value is -2.31. The molecule has 0 N–H and O–H groups in total. The highest BCUT2D eigenvalue weighted by atomic mass is 35.5. The van der Waals surface area contributed by atoms with Gasteiger partial charge in [-0.2, -0.15) is 0 Å². The van der Waals surface area contributed by atoms with E-state index in [0.29, 0.717) is 21.3 Å². The van der Waals surface area contributed by atoms with Gasteiger partial charge in [-0.05, 0) is 67.8 Å². The lowest BCUT2D eigenvalue weighted by atomic mass is 10.1. The summed E-state index contributed by atoms with van der Waals surface area (Å²) in [5.74, 6) is -1.14. The summed E-state index contributed by atoms with van der Waals surface area (Å²) in [7, 11) is 0. The van der Waals surface area contributed by atoms with E-state index in [-0.39, 0.29) is 11.8 Å². The van der Waals surface area contributed by atoms with Gasteiger partial charge in [-0.15, -0.1) is 0 Å². The zero-order valence-electron chi connectivity index (χ0n) is 15.0. The third-order valence-corrected chi connectivity index (χ3v) is 6.14. The number of nitrogens with zero attached hydrogens (tertiary/aromatic N) is 2. The first-order chi connectivity index (χ1) is 13.5. The van der Waals surface area contributed by atoms with Crippen LogP contribution in [-0.2, 0) is 9.59 Å². The maximum Gasteiger partial charge on any atom is 0.283 e. The van der Waals surface area contributed by atoms with Gasteiger partial charge in [0.15, 0.2) is 0 Å². The van der Waals surface area contributed by atoms with Crippen LogP contribution in [0.5, 0.6) is 0 Å². The largest absolute Gasteiger partial charge is 0.366 e. The molecule has 1 fully saturated rings. The van der Waals surface area contributed by atoms with Crippen molar-refractivity contribution in [2.75, 3.05) is 18.0 Å². The molecule has 2 amide bonds. The molecule has 144 valence electrons. The number of rotatable bonds is 4. The Morgan fingerprint density at radius 2 is 1.50 bits per heavy atom. The van der Waals surface area contributed by atoms with E-state index in [0.717, 1.165) is 42.1 Å². The highest BCUT2D eigenvalue weighted by Crippen LogP contribution is 2.39. The van der Waals surface area contributed by atoms with Gasteiger partial charge in [0.2, 0.25) is 0 Å². The maximum atomic E-state index is 13.3. The fraction of sp³-hybridized carbons (Fsp3) is 0.238. The number of carbonyl (C=O) groups excluding carboxylic acids is 2. The molecule has 2 aromatic rings. The first-order valence-electron chi connectivity index (χ1n) is 9.11. The summed E-state index contributed by atoms with van der Waals surface area (Å²) >= 11 is 7.23. The molecule has 0 aromatic heterocycles. The molecule has 1 saturated heterocycles. The van der Waals surface area contributed by atoms with Crippen molar-refractivity contribution in [1.29, 1.82) is 0 Å². The van der Waals surface area contributed by atoms with Crippen LogP contribution in [0.15, 0.2) is 64.0 Å². The minimum Gasteiger partial charge on any atom is -0.366 e. The highest BCUT2D eigenvalue weighted by Gasteiger charge is 2.42. The average molecular weight is 417 g/mol. The Bertz CT molecular complexity index is 938. The maximum absolute atomic E-state index is 13.3. The minimum atomic E-state index is -0.414. The summed E-state index contributed by atoms with van der Waals surface area (Å²) in [6.07, 6.45) is 3.09. The fourth-order valence-electron chi connectivity index (χ4n) is 3.43. The molecule has 0 atom stereocenters. The molecule has 4 rings (SSSR count). The van der Waals surface area contributed by atoms with E-state index < -0.39 is 5.82 Å². The molecule has 0 unspecified atom stereocenters. The lowest BCUT2D eigenvalue weighted by molar-refractivity contribution is -0.121. The van der Waals surface area contributed by atoms with Gasteiger partial charge in [0.1, 0.15) is 16.4 Å². The predicted molar refractivity (Wildman–Crippen MR) is 109 cm³/mol. The molecule has 2 heterocycles. The second-order valence-electron chi connectivity index (χ2n) is 6.70. The quantitative estimate of drug-likeness (QED) is 0.668. The number of likely N-dealkylation sites (tertiary alicyclic amines) is 1. The van der Waals surface area contributed by atoms with Crippen molar-refractivity contribution in [2.45, 2.75) is 24.2 Å². The normalized spacial score (nSPS) is 17.6. The Morgan fingerprint density at radius 1 is 0.857 bits per heavy atom. The van der Waals surface area contributed by atoms with Crippen LogP contribution in [0.2, 0.25) is 5.02 Å². The first kappa shape index (κ1) is 19.0. The number of halogens is 2. The molecule has 2 aromatic carbocycles. The summed E-state index contributed by atoms with van der Waals surface area (Å²) in [6.45, 7) is 1.49. The van der Waals surface area contributed by atoms with Crippen molar-refractivity contribution < 1.29 is 14.0 Å². The monoisotopic (exact) mass is 416 g/mol. The van der Waals surface area contributed by atoms with Crippen molar-refractivity contribution in [3.05, 3.63) is 70.0 Å². The average Bonchev–Trinajstić information content (AvgIpc) is 2.95. The molecule has 0 radical (unpaired) electrons. The van der Waals surface area contributed by atoms with Gasteiger partial charge in [0.25, 0.3) is 11.8 Å². The standard InChI is InChI=1S/C21H18ClFN2O2S/c22-14-4-10-17(11-5-14)28-19-18(24-12-2-1-3-13-24)20(26)25(21(19)27)16-8-6-15(23)7-9-16/h4-11H,1-3,12-13H2. The topological polar surface area (TPSA) is 40.6 Å². The van der Waals surface area contributed by atoms with Gasteiger partial charge in [-0.25, -0.2) is 9.29 Å². The van der Waals surface area contributed by atoms with Gasteiger partial charge in [-0.3, -0.25) is 9.59 Å². The summed E-state index contributed by atoms with van der Waals surface area (Å²) in [6, 6.07) is 12.6. The third-order valence-electron chi connectivity index (χ3n) is 4.81. The van der Waals surface area contributed by atoms with Crippen LogP contribution in [0.1, 0.15) is 19.3 Å². The van der Waals surface area contributed by atoms with Crippen molar-refractivity contribution in [3.8, 4) is 0 Å². The van der Waals surface area contributed by atoms with Crippen LogP contribution in [0.4, 0.5) is 10.1 Å². The Labute approximate surface area is 172 Å². The highest BCUT2D eigenvalue weighted by molar-refractivity contribution is 8.04. The Morgan fingerprint density at radius 3 is 2.14 bits per heavy atom. The van der Waals surface area contributed by atoms with Crippen LogP contribution < -0.4 is 4.90 Å². The van der Waals surface area contributed by atoms with Gasteiger partial charge in [0, 0.05) is 23.0 Å². The molecular formula is C21H18ClFN2O2S. The second kappa shape index (κ2) is 7.97. The van der Waals surface area contributed by atoms with Gasteiger partial charge in [0.05, 0.1) is 5.69 Å². The zero-order valence-corrected chi connectivity index (χ0v) is 16.6. The molecule has 2 aliphatic heterocycles. The number of benzene rings is 2. The number of thioether (sulfide) groups is 1. The minimum absolute atomic E-state index is 0.352. The smallest absolute Gasteiger partial charge is 0.283 e. The number of piperidine rings is 1. The van der Waals surface area contributed by atoms with Crippen molar-refractivity contribution in [3.63, 3.8) is 0 Å². The number of anilines is 1. The van der Waals surface area contributed by atoms with Crippen LogP contribution >= 0.6 is 23.4 Å². The molecule has 7 heteroatoms. The summed E-state index contributed by atoms with van der Waals surface area (Å²) in [5.41, 5.74) is 0.812. The summed E-state index contributed by atoms with van der Waals surface area (Å²) in [4.78, 5) is 30.8. The van der Waals surface area contributed by atoms with E-state index >= 15 is 0 Å². The molecule has 0 bridgehead atoms. The van der Waals surface area contributed by atoms with Crippen LogP contribution in [0, 0.1) is 5.82 Å². The van der Waals surface area contributed by atoms with E-state index in [4.69, 9.17) is 11.6 Å². The number of imide groups is 1. The van der Waals surface area contributed by atoms with E-state index in [9.17, 15) is 14.0 Å². The number of carbonyl (C=O) groups is 2. The van der Waals surface area contributed by atoms with Crippen molar-refractivity contribution in [1.82, 2.24) is 4.90 Å². The van der Waals surface area contributed by atoms with Crippen LogP contribution in [0.3, 0.4) is 0 Å². The third kappa shape index (κ3) is 3.66. The lowest BCUT2D eigenvalue weighted by Gasteiger charge is -2.29. The second-order valence-corrected chi connectivity index (χ2v) is 8.22. The van der Waals surface area contributed by atoms with E-state index in [1.165, 1.54) is 36.0 Å². The number of hydrogen-bond acceptors (Lipinski definition) is 4. The molecule has 0 aliphatic carbocycles. The van der Waals surface area contributed by atoms with Crippen LogP contribution in [-0.4, -0.2) is 29.8 Å². The predicted octanol–water partition coefficient (Wildman–Crippen LogP) is 4.84. The molecule has 4 nitrogen and oxygen atoms in total. The van der Waals surface area contributed by atoms with Crippen molar-refractivity contribution in [2.24, 2.45) is 0 Å². The van der Waals surface area contributed by atoms with Crippen molar-refractivity contribution >= 4 is 40.9 Å². The first-order valence-corrected chi connectivity index (χ1v) is 10.3. The lowest BCUT2D eigenvalue weighted by Crippen LogP contribution is -2.37. The van der Waals surface area contributed by atoms with Crippen LogP contribution in [0.25, 0.3) is 0 Å². The zero-order chi connectivity index (χ0) is 19.7. The summed E-state index contributed by atoms with van der Waals surface area (Å²) in [5, 5.41) is 0.608. The number of hydrogen-bond donors (Lipinski definition) is 0. The van der Waals surface area contributed by atoms with Gasteiger partial charge < -0.3 is 4.90 Å². The van der Waals surface area contributed by atoms with E-state index in [2.05, 4.69) is 0 Å². The number of amides is 2. The SMILES string of the molecule is O=C1C(Sc2ccc(Cl)cc2)=C(N2CCCCC2)C(=O)N1c1ccc(F)cc1. The molecule has 28 heavy (non-hydrogen) atoms. The molecule has 0 saturated carbocycles.